The van der Waals surface area contributed by atoms with E-state index in [2.05, 4.69) is 0 Å². The Hall–Kier alpha value is -2.60. The van der Waals surface area contributed by atoms with Gasteiger partial charge in [-0.15, -0.1) is 0 Å². The summed E-state index contributed by atoms with van der Waals surface area (Å²) >= 11 is 6.14. The zero-order chi connectivity index (χ0) is 20.3. The van der Waals surface area contributed by atoms with Gasteiger partial charge in [-0.25, -0.2) is 4.39 Å². The summed E-state index contributed by atoms with van der Waals surface area (Å²) < 4.78 is 19.7. The molecule has 0 N–H and O–H groups in total. The molecule has 1 saturated carbocycles. The molecule has 0 unspecified atom stereocenters. The Labute approximate surface area is 168 Å². The van der Waals surface area contributed by atoms with Gasteiger partial charge >= 0.3 is 0 Å². The second-order valence-corrected chi connectivity index (χ2v) is 7.38. The predicted octanol–water partition coefficient (Wildman–Crippen LogP) is 3.75. The van der Waals surface area contributed by atoms with Gasteiger partial charge in [0.2, 0.25) is 0 Å². The number of rotatable bonds is 7. The number of carbonyl (C=O) groups is 2. The molecule has 1 aliphatic rings. The van der Waals surface area contributed by atoms with E-state index in [-0.39, 0.29) is 31.0 Å². The Morgan fingerprint density at radius 1 is 1.18 bits per heavy atom. The Balaban J connectivity index is 1.77. The van der Waals surface area contributed by atoms with Crippen LogP contribution in [0.3, 0.4) is 0 Å². The van der Waals surface area contributed by atoms with Crippen LogP contribution in [-0.2, 0) is 11.3 Å². The van der Waals surface area contributed by atoms with E-state index in [4.69, 9.17) is 16.3 Å². The summed E-state index contributed by atoms with van der Waals surface area (Å²) in [6, 6.07) is 11.2. The van der Waals surface area contributed by atoms with E-state index in [9.17, 15) is 14.0 Å². The SMILES string of the molecule is CN(C)C(=O)COc1cccc(C(=O)N(Cc2c(F)cccc2Cl)C2CC2)c1. The Kier molecular flexibility index (Phi) is 6.19. The lowest BCUT2D eigenvalue weighted by molar-refractivity contribution is -0.130. The minimum absolute atomic E-state index is 0.0723. The highest BCUT2D eigenvalue weighted by Gasteiger charge is 2.34. The van der Waals surface area contributed by atoms with E-state index >= 15 is 0 Å². The van der Waals surface area contributed by atoms with E-state index in [1.807, 2.05) is 0 Å². The first-order chi connectivity index (χ1) is 13.4. The van der Waals surface area contributed by atoms with Crippen LogP contribution in [0.1, 0.15) is 28.8 Å². The van der Waals surface area contributed by atoms with Crippen LogP contribution in [0.25, 0.3) is 0 Å². The lowest BCUT2D eigenvalue weighted by Gasteiger charge is -2.23. The number of hydrogen-bond donors (Lipinski definition) is 0. The van der Waals surface area contributed by atoms with Gasteiger partial charge in [0.25, 0.3) is 11.8 Å². The monoisotopic (exact) mass is 404 g/mol. The number of hydrogen-bond acceptors (Lipinski definition) is 3. The van der Waals surface area contributed by atoms with Gasteiger partial charge < -0.3 is 14.5 Å². The van der Waals surface area contributed by atoms with Crippen molar-refractivity contribution < 1.29 is 18.7 Å². The molecule has 1 fully saturated rings. The van der Waals surface area contributed by atoms with Crippen LogP contribution in [0, 0.1) is 5.82 Å². The minimum Gasteiger partial charge on any atom is -0.484 e. The Bertz CT molecular complexity index is 863. The van der Waals surface area contributed by atoms with Crippen LogP contribution >= 0.6 is 11.6 Å². The summed E-state index contributed by atoms with van der Waals surface area (Å²) in [5, 5.41) is 0.303. The molecule has 148 valence electrons. The first-order valence-electron chi connectivity index (χ1n) is 9.03. The number of halogens is 2. The standard InChI is InChI=1S/C21H22ClFN2O3/c1-24(2)20(26)13-28-16-6-3-5-14(11-16)21(27)25(15-9-10-15)12-17-18(22)7-4-8-19(17)23/h3-8,11,15H,9-10,12-13H2,1-2H3. The van der Waals surface area contributed by atoms with Crippen molar-refractivity contribution in [2.24, 2.45) is 0 Å². The van der Waals surface area contributed by atoms with Crippen LogP contribution in [0.2, 0.25) is 5.02 Å². The number of ether oxygens (including phenoxy) is 1. The highest BCUT2D eigenvalue weighted by molar-refractivity contribution is 6.31. The van der Waals surface area contributed by atoms with Crippen LogP contribution in [0.4, 0.5) is 4.39 Å². The molecule has 0 aliphatic heterocycles. The minimum atomic E-state index is -0.426. The molecule has 0 saturated heterocycles. The first-order valence-corrected chi connectivity index (χ1v) is 9.41. The lowest BCUT2D eigenvalue weighted by Crippen LogP contribution is -2.33. The molecule has 2 aromatic rings. The zero-order valence-electron chi connectivity index (χ0n) is 15.8. The van der Waals surface area contributed by atoms with Gasteiger partial charge in [-0.1, -0.05) is 23.7 Å². The van der Waals surface area contributed by atoms with Crippen molar-refractivity contribution >= 4 is 23.4 Å². The Morgan fingerprint density at radius 2 is 1.89 bits per heavy atom. The average Bonchev–Trinajstić information content (AvgIpc) is 3.50. The number of nitrogens with zero attached hydrogens (tertiary/aromatic N) is 2. The maximum atomic E-state index is 14.2. The van der Waals surface area contributed by atoms with Gasteiger partial charge in [0, 0.05) is 36.3 Å². The topological polar surface area (TPSA) is 49.9 Å². The number of amides is 2. The molecular formula is C21H22ClFN2O3. The summed E-state index contributed by atoms with van der Waals surface area (Å²) in [6.45, 7) is 0.00102. The molecule has 0 aromatic heterocycles. The lowest BCUT2D eigenvalue weighted by atomic mass is 10.1. The fourth-order valence-electron chi connectivity index (χ4n) is 2.77. The summed E-state index contributed by atoms with van der Waals surface area (Å²) in [5.74, 6) is -0.386. The summed E-state index contributed by atoms with van der Waals surface area (Å²) in [7, 11) is 3.29. The van der Waals surface area contributed by atoms with Gasteiger partial charge in [-0.3, -0.25) is 9.59 Å². The van der Waals surface area contributed by atoms with E-state index < -0.39 is 5.82 Å². The molecule has 28 heavy (non-hydrogen) atoms. The van der Waals surface area contributed by atoms with E-state index in [1.165, 1.54) is 11.0 Å². The maximum Gasteiger partial charge on any atom is 0.259 e. The van der Waals surface area contributed by atoms with E-state index in [0.717, 1.165) is 12.8 Å². The van der Waals surface area contributed by atoms with Gasteiger partial charge in [-0.2, -0.15) is 0 Å². The summed E-state index contributed by atoms with van der Waals surface area (Å²) in [6.07, 6.45) is 1.76. The zero-order valence-corrected chi connectivity index (χ0v) is 16.6. The van der Waals surface area contributed by atoms with Crippen molar-refractivity contribution in [2.75, 3.05) is 20.7 Å². The number of benzene rings is 2. The smallest absolute Gasteiger partial charge is 0.259 e. The van der Waals surface area contributed by atoms with Gasteiger partial charge in [-0.05, 0) is 43.2 Å². The van der Waals surface area contributed by atoms with Crippen molar-refractivity contribution in [2.45, 2.75) is 25.4 Å². The molecule has 0 heterocycles. The van der Waals surface area contributed by atoms with Crippen molar-refractivity contribution in [3.05, 3.63) is 64.4 Å². The third-order valence-electron chi connectivity index (χ3n) is 4.58. The number of likely N-dealkylation sites (N-methyl/N-ethyl adjacent to an activating group) is 1. The number of carbonyl (C=O) groups excluding carboxylic acids is 2. The van der Waals surface area contributed by atoms with Gasteiger partial charge in [0.1, 0.15) is 11.6 Å². The predicted molar refractivity (Wildman–Crippen MR) is 105 cm³/mol. The van der Waals surface area contributed by atoms with E-state index in [0.29, 0.717) is 21.9 Å². The third-order valence-corrected chi connectivity index (χ3v) is 4.93. The summed E-state index contributed by atoms with van der Waals surface area (Å²) in [4.78, 5) is 27.8. The van der Waals surface area contributed by atoms with Crippen LogP contribution < -0.4 is 4.74 Å². The highest BCUT2D eigenvalue weighted by Crippen LogP contribution is 2.32. The second kappa shape index (κ2) is 8.61. The first kappa shape index (κ1) is 20.1. The normalized spacial score (nSPS) is 13.1. The van der Waals surface area contributed by atoms with Crippen LogP contribution in [-0.4, -0.2) is 48.4 Å². The van der Waals surface area contributed by atoms with Crippen molar-refractivity contribution in [3.8, 4) is 5.75 Å². The highest BCUT2D eigenvalue weighted by atomic mass is 35.5. The maximum absolute atomic E-state index is 14.2. The largest absolute Gasteiger partial charge is 0.484 e. The van der Waals surface area contributed by atoms with Gasteiger partial charge in [0.05, 0.1) is 6.54 Å². The van der Waals surface area contributed by atoms with Crippen LogP contribution in [0.15, 0.2) is 42.5 Å². The van der Waals surface area contributed by atoms with Crippen molar-refractivity contribution in [3.63, 3.8) is 0 Å². The molecule has 0 atom stereocenters. The Morgan fingerprint density at radius 3 is 2.54 bits per heavy atom. The second-order valence-electron chi connectivity index (χ2n) is 6.97. The van der Waals surface area contributed by atoms with E-state index in [1.54, 1.807) is 55.4 Å². The third kappa shape index (κ3) is 4.81. The fraction of sp³-hybridized carbons (Fsp3) is 0.333. The fourth-order valence-corrected chi connectivity index (χ4v) is 2.99. The molecule has 0 bridgehead atoms. The molecule has 3 rings (SSSR count). The molecule has 0 radical (unpaired) electrons. The van der Waals surface area contributed by atoms with Crippen molar-refractivity contribution in [1.29, 1.82) is 0 Å². The molecule has 0 spiro atoms. The molecule has 7 heteroatoms. The van der Waals surface area contributed by atoms with Crippen molar-refractivity contribution in [1.82, 2.24) is 9.80 Å². The molecule has 2 aromatic carbocycles. The average molecular weight is 405 g/mol. The molecule has 1 aliphatic carbocycles. The summed E-state index contributed by atoms with van der Waals surface area (Å²) in [5.41, 5.74) is 0.738. The van der Waals surface area contributed by atoms with Crippen LogP contribution in [0.5, 0.6) is 5.75 Å². The molecular weight excluding hydrogens is 383 g/mol. The quantitative estimate of drug-likeness (QED) is 0.706. The molecule has 5 nitrogen and oxygen atoms in total. The van der Waals surface area contributed by atoms with Gasteiger partial charge in [0.15, 0.2) is 6.61 Å². The molecule has 2 amide bonds.